The number of aliphatic hydroxyl groups excluding tert-OH is 1. The first-order chi connectivity index (χ1) is 33.5. The minimum Gasteiger partial charge on any atom is -0.491 e. The Morgan fingerprint density at radius 1 is 0.899 bits per heavy atom. The molecular weight excluding hydrogens is 869 g/mol. The number of carbonyl (C=O) groups excluding carboxylic acids is 2. The maximum absolute atomic E-state index is 11.5. The number of nitrogens with one attached hydrogen (secondary N) is 2. The molecule has 0 spiro atoms. The van der Waals surface area contributed by atoms with Gasteiger partial charge in [-0.25, -0.2) is 5.43 Å². The van der Waals surface area contributed by atoms with Crippen molar-refractivity contribution in [2.75, 3.05) is 96.8 Å². The van der Waals surface area contributed by atoms with Crippen LogP contribution in [0, 0.1) is 5.41 Å². The largest absolute Gasteiger partial charge is 0.491 e. The van der Waals surface area contributed by atoms with Gasteiger partial charge < -0.3 is 38.8 Å². The molecule has 1 fully saturated rings. The van der Waals surface area contributed by atoms with Crippen molar-refractivity contribution < 1.29 is 33.6 Å². The fourth-order valence-electron chi connectivity index (χ4n) is 8.68. The molecule has 13 nitrogen and oxygen atoms in total. The van der Waals surface area contributed by atoms with Gasteiger partial charge in [0.2, 0.25) is 6.41 Å². The van der Waals surface area contributed by atoms with Crippen LogP contribution in [0.25, 0.3) is 11.1 Å². The molecule has 3 N–H and O–H groups in total. The molecule has 3 atom stereocenters. The van der Waals surface area contributed by atoms with Crippen LogP contribution in [0.1, 0.15) is 155 Å². The number of fused-ring (bicyclic) bond motifs is 1. The molecule has 2 aliphatic rings. The number of anilines is 2. The summed E-state index contributed by atoms with van der Waals surface area (Å²) >= 11 is 0. The minimum absolute atomic E-state index is 0.0148. The van der Waals surface area contributed by atoms with Crippen LogP contribution < -0.4 is 25.4 Å². The summed E-state index contributed by atoms with van der Waals surface area (Å²) in [5, 5.41) is 7.00. The summed E-state index contributed by atoms with van der Waals surface area (Å²) in [7, 11) is 4.93. The van der Waals surface area contributed by atoms with Crippen molar-refractivity contribution in [1.82, 2.24) is 20.7 Å². The van der Waals surface area contributed by atoms with Crippen LogP contribution in [0.4, 0.5) is 11.4 Å². The molecular formula is C56H94N6O7. The second kappa shape index (κ2) is 36.4. The van der Waals surface area contributed by atoms with Gasteiger partial charge in [0.1, 0.15) is 12.4 Å². The highest BCUT2D eigenvalue weighted by Crippen LogP contribution is 2.55. The van der Waals surface area contributed by atoms with Gasteiger partial charge in [0, 0.05) is 70.7 Å². The van der Waals surface area contributed by atoms with E-state index in [1.807, 2.05) is 40.0 Å². The van der Waals surface area contributed by atoms with Crippen LogP contribution in [0.5, 0.6) is 5.75 Å². The third-order valence-electron chi connectivity index (χ3n) is 11.9. The normalized spacial score (nSPS) is 15.6. The number of piperazine rings is 1. The lowest BCUT2D eigenvalue weighted by Crippen LogP contribution is -2.44. The Bertz CT molecular complexity index is 1840. The molecule has 1 saturated heterocycles. The van der Waals surface area contributed by atoms with E-state index >= 15 is 0 Å². The number of pyridine rings is 1. The number of hydrogen-bond donors (Lipinski definition) is 3. The lowest BCUT2D eigenvalue weighted by molar-refractivity contribution is -0.131. The molecule has 0 radical (unpaired) electrons. The molecule has 0 aliphatic carbocycles. The van der Waals surface area contributed by atoms with E-state index in [4.69, 9.17) is 29.0 Å². The highest BCUT2D eigenvalue weighted by atomic mass is 16.5. The zero-order chi connectivity index (χ0) is 51.6. The quantitative estimate of drug-likeness (QED) is 0.0290. The molecule has 0 bridgehead atoms. The fraction of sp³-hybridized carbons (Fsp3) is 0.625. The molecule has 69 heavy (non-hydrogen) atoms. The standard InChI is InChI=1S/C48H70N6O6.C3H8.2C2H6.CH4O/c1-8-10-23-58-24-25-60-41-27-37(15-13-11-12-14-18-50-51-34-55)26-39(28-41)38-16-17-45-42(29-38)44(31-48(4,5)33-59-35-56)47(54(45)9-2)43-30-40(32-49-46(43)36(3)57-7)53-21-19-52(6)20-22-53;1-3-2;3*1-2/h8,16-17,26-30,32,34-36,44,47,50H,1,9-15,18-25,31,33H2,2-7H3,(H,51,55);3H2,1-2H3;2*1-2H3;2H,1H3. The number of amides is 1. The maximum Gasteiger partial charge on any atom is 0.293 e. The van der Waals surface area contributed by atoms with Gasteiger partial charge >= 0.3 is 0 Å². The van der Waals surface area contributed by atoms with Crippen LogP contribution >= 0.6 is 0 Å². The van der Waals surface area contributed by atoms with Crippen molar-refractivity contribution in [1.29, 1.82) is 0 Å². The first kappa shape index (κ1) is 62.5. The number of unbranched alkanes of at least 4 members (excludes halogenated alkanes) is 3. The van der Waals surface area contributed by atoms with Gasteiger partial charge in [-0.2, -0.15) is 0 Å². The summed E-state index contributed by atoms with van der Waals surface area (Å²) in [6.07, 6.45) is 12.3. The van der Waals surface area contributed by atoms with Crippen molar-refractivity contribution in [3.63, 3.8) is 0 Å². The van der Waals surface area contributed by atoms with Gasteiger partial charge in [-0.1, -0.05) is 92.9 Å². The van der Waals surface area contributed by atoms with Crippen LogP contribution in [0.2, 0.25) is 0 Å². The Balaban J connectivity index is 0.00000248. The van der Waals surface area contributed by atoms with Gasteiger partial charge in [-0.05, 0) is 111 Å². The molecule has 2 aromatic carbocycles. The first-order valence-corrected chi connectivity index (χ1v) is 25.8. The average molecular weight is 963 g/mol. The second-order valence-electron chi connectivity index (χ2n) is 17.7. The number of aryl methyl sites for hydroxylation is 1. The van der Waals surface area contributed by atoms with Crippen LogP contribution in [0.3, 0.4) is 0 Å². The summed E-state index contributed by atoms with van der Waals surface area (Å²) < 4.78 is 23.5. The summed E-state index contributed by atoms with van der Waals surface area (Å²) in [4.78, 5) is 34.5. The van der Waals surface area contributed by atoms with Crippen molar-refractivity contribution in [3.8, 4) is 16.9 Å². The molecule has 1 aromatic heterocycles. The molecule has 390 valence electrons. The maximum atomic E-state index is 11.5. The molecule has 1 amide bonds. The molecule has 5 rings (SSSR count). The van der Waals surface area contributed by atoms with Crippen LogP contribution in [0.15, 0.2) is 61.3 Å². The number of aliphatic hydroxyl groups is 1. The summed E-state index contributed by atoms with van der Waals surface area (Å²) in [6.45, 7) is 32.7. The molecule has 2 aliphatic heterocycles. The van der Waals surface area contributed by atoms with Gasteiger partial charge in [0.15, 0.2) is 0 Å². The third-order valence-corrected chi connectivity index (χ3v) is 11.9. The lowest BCUT2D eigenvalue weighted by atomic mass is 9.76. The molecule has 3 aromatic rings. The summed E-state index contributed by atoms with van der Waals surface area (Å²) in [5.41, 5.74) is 14.4. The van der Waals surface area contributed by atoms with E-state index in [2.05, 4.69) is 123 Å². The number of hydrogen-bond acceptors (Lipinski definition) is 12. The highest BCUT2D eigenvalue weighted by molar-refractivity contribution is 5.74. The molecule has 13 heteroatoms. The summed E-state index contributed by atoms with van der Waals surface area (Å²) in [6, 6.07) is 15.9. The van der Waals surface area contributed by atoms with E-state index < -0.39 is 0 Å². The number of benzene rings is 2. The van der Waals surface area contributed by atoms with Crippen molar-refractivity contribution in [2.45, 2.75) is 139 Å². The monoisotopic (exact) mass is 963 g/mol. The van der Waals surface area contributed by atoms with Crippen molar-refractivity contribution in [2.24, 2.45) is 5.41 Å². The van der Waals surface area contributed by atoms with Gasteiger partial charge in [0.05, 0.1) is 49.5 Å². The summed E-state index contributed by atoms with van der Waals surface area (Å²) in [5.74, 6) is 0.904. The van der Waals surface area contributed by atoms with E-state index in [0.29, 0.717) is 39.3 Å². The number of aromatic nitrogens is 1. The molecule has 0 saturated carbocycles. The van der Waals surface area contributed by atoms with E-state index in [1.165, 1.54) is 28.8 Å². The minimum atomic E-state index is -0.299. The number of ether oxygens (including phenoxy) is 4. The van der Waals surface area contributed by atoms with E-state index in [9.17, 15) is 9.59 Å². The lowest BCUT2D eigenvalue weighted by Gasteiger charge is -2.37. The Morgan fingerprint density at radius 2 is 1.59 bits per heavy atom. The van der Waals surface area contributed by atoms with E-state index in [-0.39, 0.29) is 23.5 Å². The third kappa shape index (κ3) is 20.8. The van der Waals surface area contributed by atoms with Gasteiger partial charge in [-0.15, -0.1) is 6.58 Å². The zero-order valence-corrected chi connectivity index (χ0v) is 45.2. The number of carbonyl (C=O) groups is 2. The Morgan fingerprint density at radius 3 is 2.23 bits per heavy atom. The predicted octanol–water partition coefficient (Wildman–Crippen LogP) is 10.9. The number of rotatable bonds is 27. The van der Waals surface area contributed by atoms with Crippen molar-refractivity contribution >= 4 is 24.3 Å². The number of nitrogens with zero attached hydrogens (tertiary/aromatic N) is 4. The van der Waals surface area contributed by atoms with Gasteiger partial charge in [-0.3, -0.25) is 20.0 Å². The Labute approximate surface area is 418 Å². The van der Waals surface area contributed by atoms with Gasteiger partial charge in [0.25, 0.3) is 6.47 Å². The van der Waals surface area contributed by atoms with Crippen molar-refractivity contribution in [3.05, 3.63) is 83.7 Å². The predicted molar refractivity (Wildman–Crippen MR) is 287 cm³/mol. The SMILES string of the molecule is C=CCCOCCOc1cc(CCCCCCNNC=O)cc(-c2ccc3c(c2)C(CC(C)(C)COC=O)C(c2cc(N4CCN(C)CC4)cnc2C(C)OC)N3CC)c1.CC.CC.CCC.CO. The zero-order valence-electron chi connectivity index (χ0n) is 45.2. The fourth-order valence-corrected chi connectivity index (χ4v) is 8.68. The van der Waals surface area contributed by atoms with Crippen LogP contribution in [-0.2, 0) is 30.2 Å². The number of methoxy groups -OCH3 is 1. The smallest absolute Gasteiger partial charge is 0.293 e. The van der Waals surface area contributed by atoms with E-state index in [0.717, 1.165) is 120 Å². The van der Waals surface area contributed by atoms with Crippen LogP contribution in [-0.4, -0.2) is 115 Å². The first-order valence-electron chi connectivity index (χ1n) is 25.8. The molecule has 3 unspecified atom stereocenters. The highest BCUT2D eigenvalue weighted by Gasteiger charge is 2.43. The number of hydrazine groups is 1. The topological polar surface area (TPSA) is 138 Å². The van der Waals surface area contributed by atoms with E-state index in [1.54, 1.807) is 7.11 Å². The Hall–Kier alpha value is -4.53. The second-order valence-corrected chi connectivity index (χ2v) is 17.7. The Kier molecular flexibility index (Phi) is 33.0. The molecule has 3 heterocycles. The number of likely N-dealkylation sites (N-methyl/N-ethyl adjacent to an activating group) is 2. The average Bonchev–Trinajstić information content (AvgIpc) is 3.68.